The smallest absolute Gasteiger partial charge is 0.193 e. The molecular formula is C21H22Cl3N3O4. The number of hydrogen-bond acceptors (Lipinski definition) is 6. The van der Waals surface area contributed by atoms with Crippen molar-refractivity contribution in [1.29, 1.82) is 0 Å². The number of pyridine rings is 2. The molecule has 0 aliphatic carbocycles. The summed E-state index contributed by atoms with van der Waals surface area (Å²) in [5, 5.41) is 13.3. The van der Waals surface area contributed by atoms with Crippen molar-refractivity contribution in [3.8, 4) is 5.69 Å². The standard InChI is InChI=1S/C21H22Cl3N3O4/c1-13-11-17(29)18-20(27(13)19-14(22)3-2-4-15(19)23)16(24)12-26-21(18)25-5-7-30-9-10-31-8-6-28/h2-4,11-12,28H,5-10H2,1H3,(H,25,26). The van der Waals surface area contributed by atoms with E-state index < -0.39 is 0 Å². The molecule has 10 heteroatoms. The summed E-state index contributed by atoms with van der Waals surface area (Å²) in [5.74, 6) is 0.390. The minimum atomic E-state index is -0.220. The molecule has 1 aromatic carbocycles. The van der Waals surface area contributed by atoms with Gasteiger partial charge in [0.15, 0.2) is 5.43 Å². The second-order valence-corrected chi connectivity index (χ2v) is 7.83. The van der Waals surface area contributed by atoms with Gasteiger partial charge in [-0.25, -0.2) is 4.98 Å². The first-order valence-corrected chi connectivity index (χ1v) is 10.7. The number of benzene rings is 1. The fourth-order valence-electron chi connectivity index (χ4n) is 3.19. The molecule has 3 rings (SSSR count). The number of fused-ring (bicyclic) bond motifs is 1. The van der Waals surface area contributed by atoms with Crippen LogP contribution in [0.25, 0.3) is 16.6 Å². The van der Waals surface area contributed by atoms with E-state index in [4.69, 9.17) is 49.4 Å². The summed E-state index contributed by atoms with van der Waals surface area (Å²) >= 11 is 19.4. The molecule has 0 unspecified atom stereocenters. The summed E-state index contributed by atoms with van der Waals surface area (Å²) in [6.45, 7) is 3.64. The highest BCUT2D eigenvalue weighted by Gasteiger charge is 2.19. The molecule has 31 heavy (non-hydrogen) atoms. The van der Waals surface area contributed by atoms with Gasteiger partial charge in [-0.3, -0.25) is 4.79 Å². The minimum Gasteiger partial charge on any atom is -0.394 e. The highest BCUT2D eigenvalue weighted by atomic mass is 35.5. The number of aliphatic hydroxyl groups excluding tert-OH is 1. The second kappa shape index (κ2) is 11.1. The Morgan fingerprint density at radius 3 is 2.42 bits per heavy atom. The Labute approximate surface area is 194 Å². The number of ether oxygens (including phenoxy) is 2. The third kappa shape index (κ3) is 5.49. The lowest BCUT2D eigenvalue weighted by atomic mass is 10.1. The van der Waals surface area contributed by atoms with Crippen LogP contribution in [0.3, 0.4) is 0 Å². The fraction of sp³-hybridized carbons (Fsp3) is 0.333. The van der Waals surface area contributed by atoms with Crippen LogP contribution in [0, 0.1) is 6.92 Å². The van der Waals surface area contributed by atoms with Crippen LogP contribution >= 0.6 is 34.8 Å². The number of aryl methyl sites for hydroxylation is 1. The van der Waals surface area contributed by atoms with Gasteiger partial charge in [0.25, 0.3) is 0 Å². The van der Waals surface area contributed by atoms with Crippen molar-refractivity contribution < 1.29 is 14.6 Å². The molecule has 2 N–H and O–H groups in total. The van der Waals surface area contributed by atoms with E-state index >= 15 is 0 Å². The summed E-state index contributed by atoms with van der Waals surface area (Å²) in [4.78, 5) is 17.2. The van der Waals surface area contributed by atoms with Crippen molar-refractivity contribution >= 4 is 51.5 Å². The number of halogens is 3. The normalized spacial score (nSPS) is 11.3. The molecular weight excluding hydrogens is 465 g/mol. The Hall–Kier alpha value is -1.87. The zero-order valence-corrected chi connectivity index (χ0v) is 19.1. The molecule has 0 spiro atoms. The molecule has 0 saturated carbocycles. The predicted molar refractivity (Wildman–Crippen MR) is 124 cm³/mol. The van der Waals surface area contributed by atoms with E-state index in [1.54, 1.807) is 29.7 Å². The molecule has 0 saturated heterocycles. The molecule has 0 atom stereocenters. The molecule has 0 radical (unpaired) electrons. The average Bonchev–Trinajstić information content (AvgIpc) is 2.73. The number of nitrogens with one attached hydrogen (secondary N) is 1. The topological polar surface area (TPSA) is 85.6 Å². The molecule has 0 bridgehead atoms. The van der Waals surface area contributed by atoms with E-state index in [-0.39, 0.29) is 18.6 Å². The van der Waals surface area contributed by atoms with Crippen LogP contribution in [0.2, 0.25) is 15.1 Å². The van der Waals surface area contributed by atoms with Gasteiger partial charge in [0.05, 0.1) is 70.9 Å². The Morgan fingerprint density at radius 2 is 1.74 bits per heavy atom. The predicted octanol–water partition coefficient (Wildman–Crippen LogP) is 4.09. The summed E-state index contributed by atoms with van der Waals surface area (Å²) in [6.07, 6.45) is 1.48. The van der Waals surface area contributed by atoms with Crippen LogP contribution in [0.1, 0.15) is 5.69 Å². The van der Waals surface area contributed by atoms with Gasteiger partial charge in [-0.05, 0) is 19.1 Å². The number of anilines is 1. The summed E-state index contributed by atoms with van der Waals surface area (Å²) < 4.78 is 12.4. The minimum absolute atomic E-state index is 0.0206. The quantitative estimate of drug-likeness (QED) is 0.420. The van der Waals surface area contributed by atoms with E-state index in [0.717, 1.165) is 0 Å². The molecule has 7 nitrogen and oxygen atoms in total. The van der Waals surface area contributed by atoms with Crippen LogP contribution in [-0.4, -0.2) is 54.2 Å². The summed E-state index contributed by atoms with van der Waals surface area (Å²) in [6, 6.07) is 6.70. The van der Waals surface area contributed by atoms with Crippen LogP contribution < -0.4 is 10.7 Å². The number of para-hydroxylation sites is 1. The monoisotopic (exact) mass is 485 g/mol. The lowest BCUT2D eigenvalue weighted by Gasteiger charge is -2.19. The van der Waals surface area contributed by atoms with Crippen molar-refractivity contribution in [2.24, 2.45) is 0 Å². The molecule has 0 aliphatic rings. The van der Waals surface area contributed by atoms with Gasteiger partial charge in [-0.15, -0.1) is 0 Å². The van der Waals surface area contributed by atoms with Crippen LogP contribution in [0.5, 0.6) is 0 Å². The van der Waals surface area contributed by atoms with Crippen LogP contribution in [-0.2, 0) is 9.47 Å². The molecule has 0 amide bonds. The number of nitrogens with zero attached hydrogens (tertiary/aromatic N) is 2. The molecule has 0 fully saturated rings. The zero-order chi connectivity index (χ0) is 22.4. The van der Waals surface area contributed by atoms with Crippen molar-refractivity contribution in [3.05, 3.63) is 61.4 Å². The Kier molecular flexibility index (Phi) is 8.54. The largest absolute Gasteiger partial charge is 0.394 e. The van der Waals surface area contributed by atoms with Gasteiger partial charge in [-0.1, -0.05) is 40.9 Å². The molecule has 3 aromatic rings. The molecule has 2 heterocycles. The van der Waals surface area contributed by atoms with Crippen LogP contribution in [0.4, 0.5) is 5.82 Å². The van der Waals surface area contributed by atoms with Crippen molar-refractivity contribution in [1.82, 2.24) is 9.55 Å². The highest BCUT2D eigenvalue weighted by Crippen LogP contribution is 2.35. The average molecular weight is 487 g/mol. The van der Waals surface area contributed by atoms with Gasteiger partial charge in [0.1, 0.15) is 5.82 Å². The summed E-state index contributed by atoms with van der Waals surface area (Å²) in [5.41, 5.74) is 1.43. The molecule has 0 aliphatic heterocycles. The number of hydrogen-bond donors (Lipinski definition) is 2. The van der Waals surface area contributed by atoms with E-state index in [9.17, 15) is 4.79 Å². The third-order valence-corrected chi connectivity index (χ3v) is 5.36. The van der Waals surface area contributed by atoms with Gasteiger partial charge in [0, 0.05) is 18.3 Å². The molecule has 2 aromatic heterocycles. The van der Waals surface area contributed by atoms with Crippen LogP contribution in [0.15, 0.2) is 35.3 Å². The molecule has 166 valence electrons. The van der Waals surface area contributed by atoms with E-state index in [1.807, 2.05) is 0 Å². The number of rotatable bonds is 10. The fourth-order valence-corrected chi connectivity index (χ4v) is 3.98. The first-order chi connectivity index (χ1) is 15.0. The Morgan fingerprint density at radius 1 is 1.06 bits per heavy atom. The maximum absolute atomic E-state index is 12.9. The summed E-state index contributed by atoms with van der Waals surface area (Å²) in [7, 11) is 0. The lowest BCUT2D eigenvalue weighted by Crippen LogP contribution is -2.17. The second-order valence-electron chi connectivity index (χ2n) is 6.61. The van der Waals surface area contributed by atoms with E-state index in [0.29, 0.717) is 69.5 Å². The number of aromatic nitrogens is 2. The number of aliphatic hydroxyl groups is 1. The van der Waals surface area contributed by atoms with Crippen molar-refractivity contribution in [2.75, 3.05) is 44.9 Å². The maximum Gasteiger partial charge on any atom is 0.193 e. The van der Waals surface area contributed by atoms with Crippen molar-refractivity contribution in [2.45, 2.75) is 6.92 Å². The van der Waals surface area contributed by atoms with Gasteiger partial charge >= 0.3 is 0 Å². The maximum atomic E-state index is 12.9. The Balaban J connectivity index is 1.92. The highest BCUT2D eigenvalue weighted by molar-refractivity contribution is 6.38. The first kappa shape index (κ1) is 23.8. The van der Waals surface area contributed by atoms with E-state index in [2.05, 4.69) is 10.3 Å². The zero-order valence-electron chi connectivity index (χ0n) is 16.8. The van der Waals surface area contributed by atoms with Gasteiger partial charge < -0.3 is 24.5 Å². The first-order valence-electron chi connectivity index (χ1n) is 9.61. The van der Waals surface area contributed by atoms with Gasteiger partial charge in [0.2, 0.25) is 0 Å². The SMILES string of the molecule is Cc1cc(=O)c2c(NCCOCCOCCO)ncc(Cl)c2n1-c1c(Cl)cccc1Cl. The third-order valence-electron chi connectivity index (χ3n) is 4.48. The lowest BCUT2D eigenvalue weighted by molar-refractivity contribution is 0.0361. The van der Waals surface area contributed by atoms with Crippen molar-refractivity contribution in [3.63, 3.8) is 0 Å². The van der Waals surface area contributed by atoms with E-state index in [1.165, 1.54) is 12.3 Å². The Bertz CT molecular complexity index is 1100. The van der Waals surface area contributed by atoms with Gasteiger partial charge in [-0.2, -0.15) is 0 Å².